The Bertz CT molecular complexity index is 1460. The summed E-state index contributed by atoms with van der Waals surface area (Å²) in [7, 11) is 0. The maximum Gasteiger partial charge on any atom is 0.360 e. The van der Waals surface area contributed by atoms with E-state index < -0.39 is 11.8 Å². The molecular formula is C29H37FN6O2. The Balaban J connectivity index is 1.47. The van der Waals surface area contributed by atoms with E-state index in [1.165, 1.54) is 10.8 Å². The van der Waals surface area contributed by atoms with Gasteiger partial charge in [0.2, 0.25) is 0 Å². The third-order valence-corrected chi connectivity index (χ3v) is 7.86. The van der Waals surface area contributed by atoms with Crippen LogP contribution in [0.3, 0.4) is 0 Å². The molecule has 0 aliphatic carbocycles. The summed E-state index contributed by atoms with van der Waals surface area (Å²) >= 11 is 0. The van der Waals surface area contributed by atoms with Crippen LogP contribution >= 0.6 is 0 Å². The number of hydrogen-bond donors (Lipinski definition) is 1. The normalized spacial score (nSPS) is 15.8. The van der Waals surface area contributed by atoms with E-state index in [1.807, 2.05) is 39.1 Å². The molecule has 3 aromatic heterocycles. The topological polar surface area (TPSA) is 81.0 Å². The Labute approximate surface area is 222 Å². The third kappa shape index (κ3) is 4.87. The van der Waals surface area contributed by atoms with Gasteiger partial charge < -0.3 is 9.74 Å². The molecule has 1 atom stereocenters. The largest absolute Gasteiger partial charge is 0.401 e. The van der Waals surface area contributed by atoms with Crippen LogP contribution in [-0.2, 0) is 12.8 Å². The minimum absolute atomic E-state index is 0.241. The van der Waals surface area contributed by atoms with Crippen molar-refractivity contribution in [3.8, 4) is 11.1 Å². The van der Waals surface area contributed by atoms with Gasteiger partial charge in [-0.15, -0.1) is 4.73 Å². The molecule has 0 saturated carbocycles. The van der Waals surface area contributed by atoms with Crippen LogP contribution in [0.4, 0.5) is 4.39 Å². The molecule has 4 aromatic rings. The highest BCUT2D eigenvalue weighted by Crippen LogP contribution is 2.31. The molecule has 8 nitrogen and oxygen atoms in total. The number of nitrogens with zero attached hydrogens (tertiary/aromatic N) is 5. The average Bonchev–Trinajstić information content (AvgIpc) is 3.56. The molecule has 1 fully saturated rings. The van der Waals surface area contributed by atoms with Crippen LogP contribution in [0.5, 0.6) is 0 Å². The molecule has 1 aliphatic heterocycles. The van der Waals surface area contributed by atoms with E-state index in [0.717, 1.165) is 61.2 Å². The summed E-state index contributed by atoms with van der Waals surface area (Å²) in [6.45, 7) is 11.4. The summed E-state index contributed by atoms with van der Waals surface area (Å²) in [5.74, 6) is -0.241. The van der Waals surface area contributed by atoms with Crippen LogP contribution in [0, 0.1) is 5.82 Å². The van der Waals surface area contributed by atoms with Crippen molar-refractivity contribution in [2.24, 2.45) is 0 Å². The number of imidazole rings is 1. The van der Waals surface area contributed by atoms with Gasteiger partial charge in [0, 0.05) is 42.2 Å². The second-order valence-corrected chi connectivity index (χ2v) is 10.00. The van der Waals surface area contributed by atoms with Crippen molar-refractivity contribution in [1.29, 1.82) is 0 Å². The molecule has 0 amide bonds. The molecule has 0 bridgehead atoms. The van der Waals surface area contributed by atoms with Crippen molar-refractivity contribution in [3.63, 3.8) is 0 Å². The van der Waals surface area contributed by atoms with Gasteiger partial charge >= 0.3 is 5.69 Å². The van der Waals surface area contributed by atoms with Crippen molar-refractivity contribution in [2.75, 3.05) is 19.6 Å². The summed E-state index contributed by atoms with van der Waals surface area (Å²) in [5.41, 5.74) is 4.87. The van der Waals surface area contributed by atoms with E-state index in [9.17, 15) is 9.18 Å². The first kappa shape index (κ1) is 26.2. The summed E-state index contributed by atoms with van der Waals surface area (Å²) in [4.78, 5) is 29.0. The van der Waals surface area contributed by atoms with Gasteiger partial charge in [-0.25, -0.2) is 14.2 Å². The highest BCUT2D eigenvalue weighted by molar-refractivity contribution is 5.77. The van der Waals surface area contributed by atoms with Gasteiger partial charge in [-0.1, -0.05) is 33.8 Å². The van der Waals surface area contributed by atoms with E-state index >= 15 is 0 Å². The maximum atomic E-state index is 14.7. The standard InChI is InChI=1S/C29H37FN6O2/c1-5-19-9-10-24(30)23(6-2)27(19)26(7-3)38-36-25-15-20(16-31-28(25)33-29(36)37)21-17-32-35(18-21)22-11-13-34(8-4)14-12-22/h9-10,15-18,22,26H,5-8,11-14H2,1-4H3,(H,31,33,37). The number of H-pyrrole nitrogens is 1. The van der Waals surface area contributed by atoms with E-state index in [2.05, 4.69) is 37.8 Å². The Hall–Kier alpha value is -3.46. The zero-order chi connectivity index (χ0) is 26.8. The number of likely N-dealkylation sites (tertiary alicyclic amines) is 1. The Morgan fingerprint density at radius 1 is 1.11 bits per heavy atom. The molecule has 1 N–H and O–H groups in total. The highest BCUT2D eigenvalue weighted by atomic mass is 19.1. The molecule has 0 radical (unpaired) electrons. The number of benzene rings is 1. The van der Waals surface area contributed by atoms with Gasteiger partial charge in [0.25, 0.3) is 0 Å². The number of piperidine rings is 1. The SMILES string of the molecule is CCc1ccc(F)c(CC)c1C(CC)On1c(=O)[nH]c2ncc(-c3cnn(C4CCN(CC)CC4)c3)cc21. The van der Waals surface area contributed by atoms with E-state index in [4.69, 9.17) is 4.84 Å². The van der Waals surface area contributed by atoms with Crippen molar-refractivity contribution >= 4 is 11.2 Å². The Morgan fingerprint density at radius 2 is 1.89 bits per heavy atom. The molecule has 1 aromatic carbocycles. The molecule has 1 saturated heterocycles. The van der Waals surface area contributed by atoms with Crippen molar-refractivity contribution in [1.82, 2.24) is 29.4 Å². The van der Waals surface area contributed by atoms with Crippen LogP contribution < -0.4 is 10.5 Å². The molecule has 38 heavy (non-hydrogen) atoms. The number of aryl methyl sites for hydroxylation is 1. The molecule has 4 heterocycles. The van der Waals surface area contributed by atoms with Gasteiger partial charge in [0.05, 0.1) is 12.2 Å². The summed E-state index contributed by atoms with van der Waals surface area (Å²) in [5, 5.41) is 4.65. The first-order valence-electron chi connectivity index (χ1n) is 13.8. The molecule has 5 rings (SSSR count). The molecule has 1 unspecified atom stereocenters. The lowest BCUT2D eigenvalue weighted by atomic mass is 9.92. The van der Waals surface area contributed by atoms with Gasteiger partial charge in [-0.05, 0) is 61.9 Å². The monoisotopic (exact) mass is 520 g/mol. The fourth-order valence-electron chi connectivity index (χ4n) is 5.63. The van der Waals surface area contributed by atoms with Crippen LogP contribution in [-0.4, -0.2) is 49.0 Å². The van der Waals surface area contributed by atoms with Crippen LogP contribution in [0.1, 0.15) is 75.8 Å². The van der Waals surface area contributed by atoms with Crippen molar-refractivity contribution in [3.05, 3.63) is 69.8 Å². The zero-order valence-electron chi connectivity index (χ0n) is 22.7. The van der Waals surface area contributed by atoms with Gasteiger partial charge in [-0.3, -0.25) is 9.67 Å². The lowest BCUT2D eigenvalue weighted by Crippen LogP contribution is -2.34. The van der Waals surface area contributed by atoms with Crippen LogP contribution in [0.25, 0.3) is 22.3 Å². The van der Waals surface area contributed by atoms with Crippen molar-refractivity contribution in [2.45, 2.75) is 71.9 Å². The zero-order valence-corrected chi connectivity index (χ0v) is 22.7. The van der Waals surface area contributed by atoms with E-state index in [0.29, 0.717) is 35.6 Å². The molecule has 202 valence electrons. The number of rotatable bonds is 9. The quantitative estimate of drug-likeness (QED) is 0.333. The van der Waals surface area contributed by atoms with Gasteiger partial charge in [0.15, 0.2) is 11.8 Å². The Morgan fingerprint density at radius 3 is 2.58 bits per heavy atom. The Kier molecular flexibility index (Phi) is 7.65. The molecular weight excluding hydrogens is 483 g/mol. The smallest absolute Gasteiger partial charge is 0.360 e. The van der Waals surface area contributed by atoms with E-state index in [-0.39, 0.29) is 5.82 Å². The summed E-state index contributed by atoms with van der Waals surface area (Å²) in [6, 6.07) is 5.63. The number of hydrogen-bond acceptors (Lipinski definition) is 5. The second kappa shape index (κ2) is 11.1. The first-order chi connectivity index (χ1) is 18.5. The second-order valence-electron chi connectivity index (χ2n) is 10.00. The van der Waals surface area contributed by atoms with Gasteiger partial charge in [-0.2, -0.15) is 5.10 Å². The number of halogens is 1. The minimum atomic E-state index is -0.479. The number of aromatic nitrogens is 5. The van der Waals surface area contributed by atoms with Crippen molar-refractivity contribution < 1.29 is 9.23 Å². The number of nitrogens with one attached hydrogen (secondary N) is 1. The van der Waals surface area contributed by atoms with E-state index in [1.54, 1.807) is 6.20 Å². The summed E-state index contributed by atoms with van der Waals surface area (Å²) in [6.07, 6.45) is 9.22. The number of pyridine rings is 1. The fraction of sp³-hybridized carbons (Fsp3) is 0.483. The van der Waals surface area contributed by atoms with Crippen LogP contribution in [0.15, 0.2) is 41.6 Å². The molecule has 9 heteroatoms. The van der Waals surface area contributed by atoms with Crippen LogP contribution in [0.2, 0.25) is 0 Å². The van der Waals surface area contributed by atoms with Gasteiger partial charge in [0.1, 0.15) is 11.3 Å². The predicted molar refractivity (Wildman–Crippen MR) is 147 cm³/mol. The average molecular weight is 521 g/mol. The predicted octanol–water partition coefficient (Wildman–Crippen LogP) is 5.09. The summed E-state index contributed by atoms with van der Waals surface area (Å²) < 4.78 is 18.1. The lowest BCUT2D eigenvalue weighted by Gasteiger charge is -2.31. The first-order valence-corrected chi connectivity index (χ1v) is 13.8. The highest BCUT2D eigenvalue weighted by Gasteiger charge is 2.24. The number of fused-ring (bicyclic) bond motifs is 1. The third-order valence-electron chi connectivity index (χ3n) is 7.86. The maximum absolute atomic E-state index is 14.7. The minimum Gasteiger partial charge on any atom is -0.401 e. The molecule has 1 aliphatic rings. The molecule has 0 spiro atoms. The lowest BCUT2D eigenvalue weighted by molar-refractivity contribution is 0.0338. The fourth-order valence-corrected chi connectivity index (χ4v) is 5.63. The number of aromatic amines is 1.